The Bertz CT molecular complexity index is 485. The Morgan fingerprint density at radius 3 is 2.29 bits per heavy atom. The second-order valence-corrected chi connectivity index (χ2v) is 8.27. The molecule has 4 atom stereocenters. The summed E-state index contributed by atoms with van der Waals surface area (Å²) in [6, 6.07) is 0. The Morgan fingerprint density at radius 1 is 0.821 bits per heavy atom. The molecular weight excluding hydrogens is 352 g/mol. The molecule has 4 nitrogen and oxygen atoms in total. The van der Waals surface area contributed by atoms with Crippen LogP contribution in [-0.2, 0) is 14.3 Å². The van der Waals surface area contributed by atoms with Crippen LogP contribution in [0.1, 0.15) is 96.8 Å². The molecule has 0 radical (unpaired) electrons. The number of aliphatic carboxylic acids is 1. The summed E-state index contributed by atoms with van der Waals surface area (Å²) in [5, 5.41) is 8.57. The van der Waals surface area contributed by atoms with Gasteiger partial charge in [-0.2, -0.15) is 0 Å². The van der Waals surface area contributed by atoms with Gasteiger partial charge in [0.15, 0.2) is 0 Å². The van der Waals surface area contributed by atoms with Gasteiger partial charge in [0.25, 0.3) is 0 Å². The molecule has 2 saturated heterocycles. The van der Waals surface area contributed by atoms with E-state index in [2.05, 4.69) is 31.2 Å². The number of ether oxygens (including phenoxy) is 2. The lowest BCUT2D eigenvalue weighted by atomic mass is 10.0. The Balaban J connectivity index is 1.37. The van der Waals surface area contributed by atoms with Gasteiger partial charge in [0, 0.05) is 12.8 Å². The molecule has 0 aromatic heterocycles. The average molecular weight is 393 g/mol. The van der Waals surface area contributed by atoms with E-state index in [0.29, 0.717) is 24.4 Å². The molecule has 2 rings (SSSR count). The van der Waals surface area contributed by atoms with E-state index < -0.39 is 5.97 Å². The van der Waals surface area contributed by atoms with Crippen molar-refractivity contribution in [2.24, 2.45) is 0 Å². The molecule has 2 aliphatic heterocycles. The number of carboxylic acids is 1. The second kappa shape index (κ2) is 13.9. The zero-order valence-corrected chi connectivity index (χ0v) is 17.7. The first-order chi connectivity index (χ1) is 13.7. The Hall–Kier alpha value is -1.13. The van der Waals surface area contributed by atoms with E-state index in [1.807, 2.05) is 0 Å². The van der Waals surface area contributed by atoms with Crippen LogP contribution in [0.2, 0.25) is 0 Å². The molecule has 1 N–H and O–H groups in total. The van der Waals surface area contributed by atoms with Gasteiger partial charge in [-0.25, -0.2) is 0 Å². The fourth-order valence-electron chi connectivity index (χ4n) is 3.76. The number of carbonyl (C=O) groups is 1. The van der Waals surface area contributed by atoms with Gasteiger partial charge in [0.05, 0.1) is 24.4 Å². The number of hydrogen-bond acceptors (Lipinski definition) is 3. The highest BCUT2D eigenvalue weighted by molar-refractivity contribution is 5.66. The van der Waals surface area contributed by atoms with E-state index >= 15 is 0 Å². The lowest BCUT2D eigenvalue weighted by molar-refractivity contribution is -0.137. The van der Waals surface area contributed by atoms with E-state index in [-0.39, 0.29) is 6.42 Å². The predicted molar refractivity (Wildman–Crippen MR) is 114 cm³/mol. The van der Waals surface area contributed by atoms with E-state index in [1.165, 1.54) is 51.4 Å². The minimum absolute atomic E-state index is 0.255. The van der Waals surface area contributed by atoms with Crippen molar-refractivity contribution in [3.05, 3.63) is 24.3 Å². The lowest BCUT2D eigenvalue weighted by Gasteiger charge is -1.99. The van der Waals surface area contributed by atoms with Crippen molar-refractivity contribution in [2.45, 2.75) is 121 Å². The molecule has 160 valence electrons. The fraction of sp³-hybridized carbons (Fsp3) is 0.792. The molecule has 0 aliphatic carbocycles. The van der Waals surface area contributed by atoms with Gasteiger partial charge in [0.1, 0.15) is 0 Å². The van der Waals surface area contributed by atoms with Crippen LogP contribution in [0.3, 0.4) is 0 Å². The van der Waals surface area contributed by atoms with E-state index in [0.717, 1.165) is 32.1 Å². The van der Waals surface area contributed by atoms with Crippen molar-refractivity contribution >= 4 is 5.97 Å². The molecule has 0 aromatic rings. The first kappa shape index (κ1) is 23.2. The van der Waals surface area contributed by atoms with E-state index in [9.17, 15) is 4.79 Å². The van der Waals surface area contributed by atoms with Crippen molar-refractivity contribution in [3.8, 4) is 0 Å². The maximum Gasteiger partial charge on any atom is 0.303 e. The van der Waals surface area contributed by atoms with Gasteiger partial charge in [-0.15, -0.1) is 0 Å². The molecule has 0 bridgehead atoms. The molecule has 2 heterocycles. The molecule has 2 aliphatic rings. The standard InChI is InChI=1S/C24H40O4/c1-2-3-4-5-7-10-13-16-20-22(27-20)19-23-21(28-23)17-14-11-8-6-9-12-15-18-24(25)26/h6,9,11,14,20-23H,2-5,7-8,10,12-13,15-19H2,1H3,(H,25,26)/b9-6+,14-11+. The number of epoxide rings is 2. The second-order valence-electron chi connectivity index (χ2n) is 8.27. The zero-order chi connectivity index (χ0) is 20.0. The van der Waals surface area contributed by atoms with Crippen LogP contribution in [-0.4, -0.2) is 35.5 Å². The number of hydrogen-bond donors (Lipinski definition) is 1. The zero-order valence-electron chi connectivity index (χ0n) is 17.7. The van der Waals surface area contributed by atoms with Crippen molar-refractivity contribution in [3.63, 3.8) is 0 Å². The maximum absolute atomic E-state index is 10.4. The topological polar surface area (TPSA) is 62.4 Å². The van der Waals surface area contributed by atoms with Crippen LogP contribution in [0.4, 0.5) is 0 Å². The summed E-state index contributed by atoms with van der Waals surface area (Å²) in [6.07, 6.45) is 25.9. The van der Waals surface area contributed by atoms with Crippen LogP contribution < -0.4 is 0 Å². The van der Waals surface area contributed by atoms with Crippen molar-refractivity contribution < 1.29 is 19.4 Å². The fourth-order valence-corrected chi connectivity index (χ4v) is 3.76. The van der Waals surface area contributed by atoms with Crippen LogP contribution in [0.25, 0.3) is 0 Å². The number of unbranched alkanes of at least 4 members (excludes halogenated alkanes) is 7. The minimum Gasteiger partial charge on any atom is -0.481 e. The predicted octanol–water partition coefficient (Wildman–Crippen LogP) is 6.20. The molecule has 28 heavy (non-hydrogen) atoms. The first-order valence-electron chi connectivity index (χ1n) is 11.5. The number of rotatable bonds is 18. The first-order valence-corrected chi connectivity index (χ1v) is 11.5. The van der Waals surface area contributed by atoms with Gasteiger partial charge in [-0.1, -0.05) is 76.2 Å². The Kier molecular flexibility index (Phi) is 11.5. The Labute approximate surface area is 171 Å². The van der Waals surface area contributed by atoms with E-state index in [4.69, 9.17) is 14.6 Å². The highest BCUT2D eigenvalue weighted by Crippen LogP contribution is 2.38. The number of carboxylic acid groups (broad SMARTS) is 1. The summed E-state index contributed by atoms with van der Waals surface area (Å²) in [5.74, 6) is -0.715. The summed E-state index contributed by atoms with van der Waals surface area (Å²) >= 11 is 0. The molecule has 0 spiro atoms. The summed E-state index contributed by atoms with van der Waals surface area (Å²) < 4.78 is 11.6. The summed E-state index contributed by atoms with van der Waals surface area (Å²) in [5.41, 5.74) is 0. The van der Waals surface area contributed by atoms with Gasteiger partial charge < -0.3 is 14.6 Å². The quantitative estimate of drug-likeness (QED) is 0.171. The molecular formula is C24H40O4. The van der Waals surface area contributed by atoms with Crippen molar-refractivity contribution in [1.29, 1.82) is 0 Å². The van der Waals surface area contributed by atoms with Crippen molar-refractivity contribution in [1.82, 2.24) is 0 Å². The molecule has 2 fully saturated rings. The van der Waals surface area contributed by atoms with Crippen LogP contribution in [0, 0.1) is 0 Å². The maximum atomic E-state index is 10.4. The van der Waals surface area contributed by atoms with Crippen LogP contribution >= 0.6 is 0 Å². The molecule has 0 amide bonds. The van der Waals surface area contributed by atoms with E-state index in [1.54, 1.807) is 0 Å². The normalized spacial score (nSPS) is 26.3. The molecule has 4 unspecified atom stereocenters. The van der Waals surface area contributed by atoms with Gasteiger partial charge in [-0.05, 0) is 32.1 Å². The third-order valence-corrected chi connectivity index (χ3v) is 5.67. The average Bonchev–Trinajstić information content (AvgIpc) is 3.58. The number of allylic oxidation sites excluding steroid dienone is 3. The van der Waals surface area contributed by atoms with Crippen LogP contribution in [0.5, 0.6) is 0 Å². The van der Waals surface area contributed by atoms with Gasteiger partial charge in [-0.3, -0.25) is 4.79 Å². The smallest absolute Gasteiger partial charge is 0.303 e. The highest BCUT2D eigenvalue weighted by atomic mass is 16.6. The minimum atomic E-state index is -0.715. The SMILES string of the molecule is CCCCCCCCCC1OC1CC1OC1C/C=C/C/C=C/CCCC(=O)O. The molecule has 0 saturated carbocycles. The van der Waals surface area contributed by atoms with Gasteiger partial charge >= 0.3 is 5.97 Å². The van der Waals surface area contributed by atoms with Gasteiger partial charge in [0.2, 0.25) is 0 Å². The third kappa shape index (κ3) is 11.0. The lowest BCUT2D eigenvalue weighted by Crippen LogP contribution is -2.01. The summed E-state index contributed by atoms with van der Waals surface area (Å²) in [6.45, 7) is 2.27. The highest BCUT2D eigenvalue weighted by Gasteiger charge is 2.47. The Morgan fingerprint density at radius 2 is 1.50 bits per heavy atom. The third-order valence-electron chi connectivity index (χ3n) is 5.67. The van der Waals surface area contributed by atoms with Crippen LogP contribution in [0.15, 0.2) is 24.3 Å². The summed E-state index contributed by atoms with van der Waals surface area (Å²) in [7, 11) is 0. The largest absolute Gasteiger partial charge is 0.481 e. The summed E-state index contributed by atoms with van der Waals surface area (Å²) in [4.78, 5) is 10.4. The molecule has 4 heteroatoms. The monoisotopic (exact) mass is 392 g/mol. The molecule has 0 aromatic carbocycles. The van der Waals surface area contributed by atoms with Crippen molar-refractivity contribution in [2.75, 3.05) is 0 Å².